The molecule has 1 amide bonds. The van der Waals surface area contributed by atoms with Crippen LogP contribution in [0.15, 0.2) is 24.3 Å². The largest absolute Gasteiger partial charge is 0.378 e. The number of ether oxygens (including phenoxy) is 1. The topological polar surface area (TPSA) is 67.4 Å². The molecule has 2 aliphatic rings. The summed E-state index contributed by atoms with van der Waals surface area (Å²) in [6, 6.07) is 8.41. The predicted octanol–water partition coefficient (Wildman–Crippen LogP) is 3.95. The number of aromatic nitrogens is 2. The first kappa shape index (κ1) is 19.5. The third-order valence-corrected chi connectivity index (χ3v) is 7.09. The lowest BCUT2D eigenvalue weighted by Gasteiger charge is -2.28. The van der Waals surface area contributed by atoms with Crippen molar-refractivity contribution in [3.63, 3.8) is 0 Å². The Labute approximate surface area is 180 Å². The van der Waals surface area contributed by atoms with Crippen molar-refractivity contribution in [1.82, 2.24) is 15.3 Å². The van der Waals surface area contributed by atoms with Crippen molar-refractivity contribution in [1.29, 1.82) is 0 Å². The summed E-state index contributed by atoms with van der Waals surface area (Å²) in [7, 11) is 0. The van der Waals surface area contributed by atoms with Gasteiger partial charge in [0.2, 0.25) is 0 Å². The van der Waals surface area contributed by atoms with E-state index in [1.165, 1.54) is 29.9 Å². The molecule has 1 aromatic carbocycles. The van der Waals surface area contributed by atoms with Crippen LogP contribution in [0.1, 0.15) is 51.1 Å². The first-order valence-electron chi connectivity index (χ1n) is 10.6. The number of nitrogens with zero attached hydrogens (tertiary/aromatic N) is 3. The van der Waals surface area contributed by atoms with Crippen molar-refractivity contribution in [2.75, 3.05) is 31.2 Å². The van der Waals surface area contributed by atoms with Gasteiger partial charge in [0, 0.05) is 36.6 Å². The van der Waals surface area contributed by atoms with Crippen LogP contribution in [0.3, 0.4) is 0 Å². The average molecular weight is 423 g/mol. The number of fused-ring (bicyclic) bond motifs is 1. The van der Waals surface area contributed by atoms with Gasteiger partial charge in [-0.15, -0.1) is 11.3 Å². The van der Waals surface area contributed by atoms with Crippen LogP contribution in [0, 0.1) is 13.8 Å². The molecule has 1 saturated heterocycles. The quantitative estimate of drug-likeness (QED) is 0.674. The summed E-state index contributed by atoms with van der Waals surface area (Å²) in [5.41, 5.74) is 4.25. The van der Waals surface area contributed by atoms with Gasteiger partial charge < -0.3 is 15.0 Å². The molecule has 3 heterocycles. The smallest absolute Gasteiger partial charge is 0.261 e. The number of carbonyl (C=O) groups excluding carboxylic acids is 1. The van der Waals surface area contributed by atoms with Gasteiger partial charge in [-0.1, -0.05) is 12.1 Å². The summed E-state index contributed by atoms with van der Waals surface area (Å²) in [4.78, 5) is 26.3. The number of morpholine rings is 1. The molecule has 0 spiro atoms. The Kier molecular flexibility index (Phi) is 5.16. The molecule has 0 radical (unpaired) electrons. The van der Waals surface area contributed by atoms with Crippen LogP contribution in [0.25, 0.3) is 10.2 Å². The maximum absolute atomic E-state index is 12.9. The Balaban J connectivity index is 1.29. The van der Waals surface area contributed by atoms with Crippen LogP contribution in [-0.4, -0.2) is 42.2 Å². The van der Waals surface area contributed by atoms with Gasteiger partial charge in [-0.25, -0.2) is 9.97 Å². The van der Waals surface area contributed by atoms with Crippen LogP contribution >= 0.6 is 11.3 Å². The second-order valence-corrected chi connectivity index (χ2v) is 9.13. The van der Waals surface area contributed by atoms with E-state index in [2.05, 4.69) is 39.5 Å². The summed E-state index contributed by atoms with van der Waals surface area (Å²) in [5.74, 6) is 1.40. The standard InChI is InChI=1S/C23H26N4O2S/c1-14-19-15(2)25-21(17-5-6-17)26-23(19)30-20(14)22(28)24-13-16-3-7-18(8-4-16)27-9-11-29-12-10-27/h3-4,7-8,17H,5-6,9-13H2,1-2H3,(H,24,28). The zero-order valence-corrected chi connectivity index (χ0v) is 18.2. The molecule has 1 N–H and O–H groups in total. The van der Waals surface area contributed by atoms with Crippen LogP contribution in [0.2, 0.25) is 0 Å². The fourth-order valence-corrected chi connectivity index (χ4v) is 5.16. The zero-order chi connectivity index (χ0) is 20.7. The van der Waals surface area contributed by atoms with Crippen molar-refractivity contribution in [2.45, 2.75) is 39.2 Å². The van der Waals surface area contributed by atoms with Crippen LogP contribution in [0.4, 0.5) is 5.69 Å². The highest BCUT2D eigenvalue weighted by molar-refractivity contribution is 7.20. The minimum atomic E-state index is -0.0415. The number of benzene rings is 1. The maximum Gasteiger partial charge on any atom is 0.261 e. The first-order chi connectivity index (χ1) is 14.6. The van der Waals surface area contributed by atoms with Gasteiger partial charge in [-0.2, -0.15) is 0 Å². The van der Waals surface area contributed by atoms with Gasteiger partial charge in [-0.3, -0.25) is 4.79 Å². The number of hydrogen-bond acceptors (Lipinski definition) is 6. The van der Waals surface area contributed by atoms with E-state index in [-0.39, 0.29) is 5.91 Å². The molecule has 0 bridgehead atoms. The summed E-state index contributed by atoms with van der Waals surface area (Å²) in [5, 5.41) is 4.11. The molecule has 2 aromatic heterocycles. The molecule has 2 fully saturated rings. The lowest BCUT2D eigenvalue weighted by atomic mass is 10.1. The summed E-state index contributed by atoms with van der Waals surface area (Å²) in [6.45, 7) is 7.92. The molecule has 5 rings (SSSR count). The molecule has 30 heavy (non-hydrogen) atoms. The Bertz CT molecular complexity index is 1080. The number of rotatable bonds is 5. The number of anilines is 1. The van der Waals surface area contributed by atoms with E-state index in [0.717, 1.165) is 64.0 Å². The average Bonchev–Trinajstić information content (AvgIpc) is 3.56. The maximum atomic E-state index is 12.9. The fourth-order valence-electron chi connectivity index (χ4n) is 4.01. The second-order valence-electron chi connectivity index (χ2n) is 8.13. The van der Waals surface area contributed by atoms with Crippen molar-refractivity contribution < 1.29 is 9.53 Å². The monoisotopic (exact) mass is 422 g/mol. The van der Waals surface area contributed by atoms with E-state index in [9.17, 15) is 4.79 Å². The number of aryl methyl sites for hydroxylation is 2. The number of thiophene rings is 1. The van der Waals surface area contributed by atoms with Gasteiger partial charge in [0.05, 0.1) is 23.8 Å². The van der Waals surface area contributed by atoms with Crippen LogP contribution < -0.4 is 10.2 Å². The van der Waals surface area contributed by atoms with E-state index in [0.29, 0.717) is 12.5 Å². The molecule has 6 nitrogen and oxygen atoms in total. The van der Waals surface area contributed by atoms with Gasteiger partial charge in [-0.05, 0) is 49.9 Å². The van der Waals surface area contributed by atoms with Gasteiger partial charge in [0.1, 0.15) is 10.7 Å². The van der Waals surface area contributed by atoms with Crippen molar-refractivity contribution in [2.24, 2.45) is 0 Å². The Morgan fingerprint density at radius 1 is 1.17 bits per heavy atom. The van der Waals surface area contributed by atoms with E-state index in [1.807, 2.05) is 13.8 Å². The highest BCUT2D eigenvalue weighted by Crippen LogP contribution is 2.40. The number of carbonyl (C=O) groups is 1. The zero-order valence-electron chi connectivity index (χ0n) is 17.4. The molecular formula is C23H26N4O2S. The molecule has 3 aromatic rings. The minimum Gasteiger partial charge on any atom is -0.378 e. The molecule has 1 saturated carbocycles. The van der Waals surface area contributed by atoms with Crippen molar-refractivity contribution >= 4 is 33.1 Å². The molecule has 7 heteroatoms. The molecular weight excluding hydrogens is 396 g/mol. The first-order valence-corrected chi connectivity index (χ1v) is 11.4. The fraction of sp³-hybridized carbons (Fsp3) is 0.435. The van der Waals surface area contributed by atoms with E-state index in [4.69, 9.17) is 9.72 Å². The summed E-state index contributed by atoms with van der Waals surface area (Å²) < 4.78 is 5.42. The van der Waals surface area contributed by atoms with Gasteiger partial charge >= 0.3 is 0 Å². The number of amides is 1. The van der Waals surface area contributed by atoms with Crippen LogP contribution in [0.5, 0.6) is 0 Å². The Hall–Kier alpha value is -2.51. The predicted molar refractivity (Wildman–Crippen MR) is 120 cm³/mol. The molecule has 0 atom stereocenters. The third-order valence-electron chi connectivity index (χ3n) is 5.90. The molecule has 1 aliphatic heterocycles. The SMILES string of the molecule is Cc1nc(C2CC2)nc2sc(C(=O)NCc3ccc(N4CCOCC4)cc3)c(C)c12. The van der Waals surface area contributed by atoms with Crippen molar-refractivity contribution in [3.05, 3.63) is 51.8 Å². The highest BCUT2D eigenvalue weighted by Gasteiger charge is 2.28. The van der Waals surface area contributed by atoms with E-state index in [1.54, 1.807) is 0 Å². The number of hydrogen-bond donors (Lipinski definition) is 1. The number of nitrogens with one attached hydrogen (secondary N) is 1. The Morgan fingerprint density at radius 3 is 2.60 bits per heavy atom. The van der Waals surface area contributed by atoms with E-state index < -0.39 is 0 Å². The third kappa shape index (κ3) is 3.79. The normalized spacial score (nSPS) is 16.8. The lowest BCUT2D eigenvalue weighted by Crippen LogP contribution is -2.36. The second kappa shape index (κ2) is 7.96. The summed E-state index contributed by atoms with van der Waals surface area (Å²) >= 11 is 1.48. The van der Waals surface area contributed by atoms with E-state index >= 15 is 0 Å². The van der Waals surface area contributed by atoms with Gasteiger partial charge in [0.25, 0.3) is 5.91 Å². The molecule has 156 valence electrons. The molecule has 1 aliphatic carbocycles. The minimum absolute atomic E-state index is 0.0415. The highest BCUT2D eigenvalue weighted by atomic mass is 32.1. The lowest BCUT2D eigenvalue weighted by molar-refractivity contribution is 0.0954. The Morgan fingerprint density at radius 2 is 1.90 bits per heavy atom. The summed E-state index contributed by atoms with van der Waals surface area (Å²) in [6.07, 6.45) is 2.35. The molecule has 0 unspecified atom stereocenters. The van der Waals surface area contributed by atoms with Crippen LogP contribution in [-0.2, 0) is 11.3 Å². The van der Waals surface area contributed by atoms with Gasteiger partial charge in [0.15, 0.2) is 0 Å². The van der Waals surface area contributed by atoms with Crippen molar-refractivity contribution in [3.8, 4) is 0 Å².